The van der Waals surface area contributed by atoms with E-state index in [0.717, 1.165) is 16.3 Å². The minimum Gasteiger partial charge on any atom is -0.398 e. The summed E-state index contributed by atoms with van der Waals surface area (Å²) in [6.45, 7) is 0. The maximum atomic E-state index is 10.0. The van der Waals surface area contributed by atoms with Crippen LogP contribution in [0.2, 0.25) is 0 Å². The molecule has 0 bridgehead atoms. The summed E-state index contributed by atoms with van der Waals surface area (Å²) in [6, 6.07) is 5.49. The van der Waals surface area contributed by atoms with Crippen LogP contribution >= 0.6 is 15.9 Å². The van der Waals surface area contributed by atoms with Crippen molar-refractivity contribution in [3.63, 3.8) is 0 Å². The van der Waals surface area contributed by atoms with E-state index in [1.165, 1.54) is 6.08 Å². The first kappa shape index (κ1) is 9.00. The molecule has 0 saturated carbocycles. The zero-order chi connectivity index (χ0) is 8.97. The average Bonchev–Trinajstić information content (AvgIpc) is 2.07. The summed E-state index contributed by atoms with van der Waals surface area (Å²) in [5, 5.41) is 0. The van der Waals surface area contributed by atoms with E-state index in [-0.39, 0.29) is 0 Å². The highest BCUT2D eigenvalue weighted by atomic mass is 79.9. The van der Waals surface area contributed by atoms with Crippen LogP contribution in [0.1, 0.15) is 5.56 Å². The molecule has 2 N–H and O–H groups in total. The smallest absolute Gasteiger partial charge is 0.142 e. The normalized spacial score (nSPS) is 10.4. The molecule has 12 heavy (non-hydrogen) atoms. The Hall–Kier alpha value is -1.09. The molecule has 0 aliphatic carbocycles. The molecule has 62 valence electrons. The lowest BCUT2D eigenvalue weighted by atomic mass is 10.2. The highest BCUT2D eigenvalue weighted by Gasteiger charge is 1.93. The Morgan fingerprint density at radius 3 is 2.75 bits per heavy atom. The van der Waals surface area contributed by atoms with Gasteiger partial charge < -0.3 is 5.73 Å². The summed E-state index contributed by atoms with van der Waals surface area (Å²) in [4.78, 5) is 10.0. The molecule has 0 aromatic heterocycles. The maximum absolute atomic E-state index is 10.0. The molecule has 0 aliphatic rings. The van der Waals surface area contributed by atoms with Crippen molar-refractivity contribution < 1.29 is 4.79 Å². The van der Waals surface area contributed by atoms with E-state index < -0.39 is 0 Å². The van der Waals surface area contributed by atoms with Crippen molar-refractivity contribution in [2.45, 2.75) is 0 Å². The van der Waals surface area contributed by atoms with Crippen LogP contribution in [0.3, 0.4) is 0 Å². The Morgan fingerprint density at radius 1 is 1.42 bits per heavy atom. The first-order valence-electron chi connectivity index (χ1n) is 3.41. The molecule has 0 radical (unpaired) electrons. The van der Waals surface area contributed by atoms with E-state index in [9.17, 15) is 4.79 Å². The highest BCUT2D eigenvalue weighted by molar-refractivity contribution is 9.10. The number of anilines is 1. The Bertz CT molecular complexity index is 320. The Labute approximate surface area is 79.2 Å². The van der Waals surface area contributed by atoms with Gasteiger partial charge in [-0.05, 0) is 39.7 Å². The fourth-order valence-electron chi connectivity index (χ4n) is 0.797. The van der Waals surface area contributed by atoms with Gasteiger partial charge in [-0.2, -0.15) is 0 Å². The molecule has 0 unspecified atom stereocenters. The van der Waals surface area contributed by atoms with Gasteiger partial charge in [0, 0.05) is 10.2 Å². The molecule has 0 amide bonds. The number of carbonyl (C=O) groups excluding carboxylic acids is 1. The zero-order valence-electron chi connectivity index (χ0n) is 6.33. The summed E-state index contributed by atoms with van der Waals surface area (Å²) >= 11 is 3.29. The molecule has 0 saturated heterocycles. The molecule has 3 heteroatoms. The Morgan fingerprint density at radius 2 is 2.17 bits per heavy atom. The van der Waals surface area contributed by atoms with Crippen LogP contribution in [-0.2, 0) is 4.79 Å². The van der Waals surface area contributed by atoms with Crippen LogP contribution < -0.4 is 5.73 Å². The average molecular weight is 226 g/mol. The van der Waals surface area contributed by atoms with E-state index in [2.05, 4.69) is 15.9 Å². The number of hydrogen-bond donors (Lipinski definition) is 1. The van der Waals surface area contributed by atoms with Gasteiger partial charge in [-0.15, -0.1) is 0 Å². The quantitative estimate of drug-likeness (QED) is 0.477. The molecule has 1 aromatic rings. The molecule has 0 spiro atoms. The summed E-state index contributed by atoms with van der Waals surface area (Å²) in [6.07, 6.45) is 3.90. The first-order chi connectivity index (χ1) is 5.74. The molecular formula is C9H8BrNO. The van der Waals surface area contributed by atoms with Crippen molar-refractivity contribution in [3.05, 3.63) is 34.3 Å². The SMILES string of the molecule is Nc1ccc(C=CC=O)cc1Br. The molecular weight excluding hydrogens is 218 g/mol. The summed E-state index contributed by atoms with van der Waals surface area (Å²) in [5.41, 5.74) is 7.22. The summed E-state index contributed by atoms with van der Waals surface area (Å²) < 4.78 is 0.843. The number of halogens is 1. The van der Waals surface area contributed by atoms with Crippen molar-refractivity contribution in [3.8, 4) is 0 Å². The Balaban J connectivity index is 2.96. The van der Waals surface area contributed by atoms with E-state index >= 15 is 0 Å². The van der Waals surface area contributed by atoms with E-state index in [4.69, 9.17) is 5.73 Å². The summed E-state index contributed by atoms with van der Waals surface area (Å²) in [7, 11) is 0. The zero-order valence-corrected chi connectivity index (χ0v) is 7.91. The minimum atomic E-state index is 0.693. The standard InChI is InChI=1S/C9H8BrNO/c10-8-6-7(2-1-5-12)3-4-9(8)11/h1-6H,11H2. The second-order valence-corrected chi connectivity index (χ2v) is 3.13. The Kier molecular flexibility index (Phi) is 3.05. The van der Waals surface area contributed by atoms with Crippen molar-refractivity contribution in [1.82, 2.24) is 0 Å². The lowest BCUT2D eigenvalue weighted by molar-refractivity contribution is -0.104. The van der Waals surface area contributed by atoms with Crippen molar-refractivity contribution in [1.29, 1.82) is 0 Å². The molecule has 0 aliphatic heterocycles. The van der Waals surface area contributed by atoms with Gasteiger partial charge in [-0.1, -0.05) is 12.1 Å². The number of nitrogens with two attached hydrogens (primary N) is 1. The van der Waals surface area contributed by atoms with Gasteiger partial charge >= 0.3 is 0 Å². The third-order valence-electron chi connectivity index (χ3n) is 1.39. The molecule has 1 aromatic carbocycles. The van der Waals surface area contributed by atoms with Gasteiger partial charge in [0.05, 0.1) is 0 Å². The largest absolute Gasteiger partial charge is 0.398 e. The van der Waals surface area contributed by atoms with Crippen LogP contribution in [0.15, 0.2) is 28.7 Å². The van der Waals surface area contributed by atoms with Crippen LogP contribution in [0, 0.1) is 0 Å². The lowest BCUT2D eigenvalue weighted by Crippen LogP contribution is -1.85. The fourth-order valence-corrected chi connectivity index (χ4v) is 1.19. The number of allylic oxidation sites excluding steroid dienone is 1. The van der Waals surface area contributed by atoms with Crippen LogP contribution in [-0.4, -0.2) is 6.29 Å². The highest BCUT2D eigenvalue weighted by Crippen LogP contribution is 2.20. The number of hydrogen-bond acceptors (Lipinski definition) is 2. The van der Waals surface area contributed by atoms with Crippen molar-refractivity contribution >= 4 is 34.0 Å². The van der Waals surface area contributed by atoms with Gasteiger partial charge in [0.15, 0.2) is 0 Å². The lowest BCUT2D eigenvalue weighted by Gasteiger charge is -1.98. The molecule has 1 rings (SSSR count). The monoisotopic (exact) mass is 225 g/mol. The third kappa shape index (κ3) is 2.20. The van der Waals surface area contributed by atoms with Gasteiger partial charge in [-0.3, -0.25) is 4.79 Å². The topological polar surface area (TPSA) is 43.1 Å². The molecule has 0 atom stereocenters. The van der Waals surface area contributed by atoms with Crippen LogP contribution in [0.5, 0.6) is 0 Å². The number of aldehydes is 1. The molecule has 2 nitrogen and oxygen atoms in total. The predicted molar refractivity (Wildman–Crippen MR) is 53.7 cm³/mol. The van der Waals surface area contributed by atoms with E-state index in [1.54, 1.807) is 12.1 Å². The van der Waals surface area contributed by atoms with Crippen molar-refractivity contribution in [2.24, 2.45) is 0 Å². The predicted octanol–water partition coefficient (Wildman–Crippen LogP) is 2.24. The minimum absolute atomic E-state index is 0.693. The van der Waals surface area contributed by atoms with Gasteiger partial charge in [0.1, 0.15) is 6.29 Å². The van der Waals surface area contributed by atoms with E-state index in [1.807, 2.05) is 12.1 Å². The number of rotatable bonds is 2. The van der Waals surface area contributed by atoms with Gasteiger partial charge in [0.2, 0.25) is 0 Å². The number of nitrogen functional groups attached to an aromatic ring is 1. The first-order valence-corrected chi connectivity index (χ1v) is 4.20. The summed E-state index contributed by atoms with van der Waals surface area (Å²) in [5.74, 6) is 0. The second-order valence-electron chi connectivity index (χ2n) is 2.28. The maximum Gasteiger partial charge on any atom is 0.142 e. The number of benzene rings is 1. The van der Waals surface area contributed by atoms with Crippen LogP contribution in [0.4, 0.5) is 5.69 Å². The molecule has 0 heterocycles. The third-order valence-corrected chi connectivity index (χ3v) is 2.08. The number of carbonyl (C=O) groups is 1. The van der Waals surface area contributed by atoms with Crippen molar-refractivity contribution in [2.75, 3.05) is 5.73 Å². The second kappa shape index (κ2) is 4.07. The van der Waals surface area contributed by atoms with Crippen LogP contribution in [0.25, 0.3) is 6.08 Å². The fraction of sp³-hybridized carbons (Fsp3) is 0. The van der Waals surface area contributed by atoms with Gasteiger partial charge in [-0.25, -0.2) is 0 Å². The van der Waals surface area contributed by atoms with Gasteiger partial charge in [0.25, 0.3) is 0 Å². The molecule has 0 fully saturated rings. The van der Waals surface area contributed by atoms with E-state index in [0.29, 0.717) is 5.69 Å².